The Morgan fingerprint density at radius 2 is 0.983 bits per heavy atom. The molecular weight excluding hydrogens is 783 g/mol. The molecule has 6 aromatic rings. The number of fused-ring (bicyclic) bond motifs is 3. The summed E-state index contributed by atoms with van der Waals surface area (Å²) in [6.45, 7) is 0.324. The van der Waals surface area contributed by atoms with Crippen LogP contribution in [0.3, 0.4) is 0 Å². The molecule has 0 unspecified atom stereocenters. The van der Waals surface area contributed by atoms with Crippen molar-refractivity contribution >= 4 is 61.5 Å². The monoisotopic (exact) mass is 817 g/mol. The Morgan fingerprint density at radius 1 is 0.621 bits per heavy atom. The highest BCUT2D eigenvalue weighted by Crippen LogP contribution is 2.39. The SMILES string of the molecule is COCCOC(=O)c1cn(C2CC2)c2ccc(F)cc2c1=O.O=C(Cl)c1cn(C2CC2)c2ccc(F)cc2c1=O.O=C(O)c1cn(C2CC2)c2ccc(F)cc2c1=O. The number of aromatic carboxylic acids is 1. The van der Waals surface area contributed by atoms with E-state index in [1.165, 1.54) is 56.0 Å². The minimum Gasteiger partial charge on any atom is -0.477 e. The number of nitrogens with zero attached hydrogens (tertiary/aromatic N) is 3. The summed E-state index contributed by atoms with van der Waals surface area (Å²) in [5.74, 6) is -3.52. The Morgan fingerprint density at radius 3 is 1.34 bits per heavy atom. The van der Waals surface area contributed by atoms with E-state index in [1.807, 2.05) is 9.13 Å². The lowest BCUT2D eigenvalue weighted by molar-refractivity contribution is 0.0385. The van der Waals surface area contributed by atoms with Gasteiger partial charge < -0.3 is 28.3 Å². The summed E-state index contributed by atoms with van der Waals surface area (Å²) in [4.78, 5) is 70.8. The molecule has 9 rings (SSSR count). The molecule has 0 radical (unpaired) electrons. The highest BCUT2D eigenvalue weighted by atomic mass is 35.5. The van der Waals surface area contributed by atoms with Gasteiger partial charge in [0, 0.05) is 60.0 Å². The lowest BCUT2D eigenvalue weighted by Crippen LogP contribution is -2.22. The van der Waals surface area contributed by atoms with E-state index in [2.05, 4.69) is 0 Å². The van der Waals surface area contributed by atoms with E-state index in [9.17, 15) is 41.9 Å². The normalized spacial score (nSPS) is 14.7. The predicted octanol–water partition coefficient (Wildman–Crippen LogP) is 7.31. The van der Waals surface area contributed by atoms with Crippen molar-refractivity contribution < 1.29 is 42.1 Å². The van der Waals surface area contributed by atoms with E-state index in [0.29, 0.717) is 16.6 Å². The van der Waals surface area contributed by atoms with Crippen LogP contribution in [0.2, 0.25) is 0 Å². The van der Waals surface area contributed by atoms with Gasteiger partial charge in [0.15, 0.2) is 0 Å². The molecule has 3 fully saturated rings. The van der Waals surface area contributed by atoms with Crippen LogP contribution in [0.25, 0.3) is 32.7 Å². The fraction of sp³-hybridized carbons (Fsp3) is 0.286. The van der Waals surface area contributed by atoms with Gasteiger partial charge in [-0.2, -0.15) is 0 Å². The number of carboxylic acids is 1. The predicted molar refractivity (Wildman–Crippen MR) is 209 cm³/mol. The molecule has 300 valence electrons. The fourth-order valence-corrected chi connectivity index (χ4v) is 6.82. The largest absolute Gasteiger partial charge is 0.477 e. The van der Waals surface area contributed by atoms with Gasteiger partial charge in [0.2, 0.25) is 16.3 Å². The molecule has 16 heteroatoms. The van der Waals surface area contributed by atoms with Crippen molar-refractivity contribution in [2.75, 3.05) is 20.3 Å². The van der Waals surface area contributed by atoms with Crippen molar-refractivity contribution in [3.63, 3.8) is 0 Å². The first-order chi connectivity index (χ1) is 27.8. The minimum atomic E-state index is -1.28. The number of carbonyl (C=O) groups excluding carboxylic acids is 2. The van der Waals surface area contributed by atoms with Gasteiger partial charge in [0.25, 0.3) is 5.24 Å². The molecule has 3 aromatic carbocycles. The molecule has 3 heterocycles. The number of benzene rings is 3. The molecule has 3 saturated carbocycles. The molecule has 58 heavy (non-hydrogen) atoms. The van der Waals surface area contributed by atoms with Crippen LogP contribution < -0.4 is 16.3 Å². The van der Waals surface area contributed by atoms with Crippen LogP contribution in [-0.2, 0) is 9.47 Å². The molecule has 0 spiro atoms. The average Bonchev–Trinajstić information content (AvgIpc) is 4.03. The average molecular weight is 818 g/mol. The van der Waals surface area contributed by atoms with Gasteiger partial charge in [0.1, 0.15) is 35.2 Å². The zero-order chi connectivity index (χ0) is 41.4. The van der Waals surface area contributed by atoms with Gasteiger partial charge in [0.05, 0.1) is 28.7 Å². The molecule has 12 nitrogen and oxygen atoms in total. The summed E-state index contributed by atoms with van der Waals surface area (Å²) in [7, 11) is 1.49. The van der Waals surface area contributed by atoms with Crippen LogP contribution >= 0.6 is 11.6 Å². The summed E-state index contributed by atoms with van der Waals surface area (Å²) in [5.41, 5.74) is -0.242. The number of ether oxygens (including phenoxy) is 2. The minimum absolute atomic E-state index is 0.0684. The van der Waals surface area contributed by atoms with E-state index >= 15 is 0 Å². The Bertz CT molecular complexity index is 2700. The number of hydrogen-bond donors (Lipinski definition) is 1. The van der Waals surface area contributed by atoms with E-state index in [4.69, 9.17) is 26.2 Å². The molecule has 0 aliphatic heterocycles. The van der Waals surface area contributed by atoms with Crippen molar-refractivity contribution in [2.24, 2.45) is 0 Å². The standard InChI is InChI=1S/C16H16FNO4.C13H9ClFNO2.C13H10FNO3/c1-21-6-7-22-16(20)13-9-18(11-3-4-11)14-5-2-10(17)8-12(14)15(13)19;14-13(18)10-6-16(8-2-3-8)11-4-1-7(15)5-9(11)12(10)17;14-7-1-4-11-9(5-7)12(16)10(13(17)18)6-15(11)8-2-3-8/h2,5,8-9,11H,3-4,6-7H2,1H3;1,4-6,8H,2-3H2;1,4-6,8H,2-3H2,(H,17,18). The first kappa shape index (κ1) is 40.1. The molecule has 0 atom stereocenters. The topological polar surface area (TPSA) is 156 Å². The molecule has 3 aromatic heterocycles. The summed E-state index contributed by atoms with van der Waals surface area (Å²) in [6, 6.07) is 12.7. The van der Waals surface area contributed by atoms with Crippen molar-refractivity contribution in [3.8, 4) is 0 Å². The number of halogens is 4. The number of esters is 1. The van der Waals surface area contributed by atoms with Crippen molar-refractivity contribution in [3.05, 3.63) is 138 Å². The molecule has 0 bridgehead atoms. The third kappa shape index (κ3) is 8.46. The highest BCUT2D eigenvalue weighted by molar-refractivity contribution is 6.67. The number of carbonyl (C=O) groups is 3. The van der Waals surface area contributed by atoms with Gasteiger partial charge in [-0.25, -0.2) is 22.8 Å². The smallest absolute Gasteiger partial charge is 0.343 e. The second-order valence-electron chi connectivity index (χ2n) is 14.2. The first-order valence-corrected chi connectivity index (χ1v) is 18.8. The van der Waals surface area contributed by atoms with Gasteiger partial charge in [-0.15, -0.1) is 0 Å². The van der Waals surface area contributed by atoms with E-state index < -0.39 is 50.9 Å². The van der Waals surface area contributed by atoms with Crippen molar-refractivity contribution in [1.82, 2.24) is 13.7 Å². The first-order valence-electron chi connectivity index (χ1n) is 18.4. The maximum Gasteiger partial charge on any atom is 0.343 e. The van der Waals surface area contributed by atoms with E-state index in [-0.39, 0.29) is 64.2 Å². The number of rotatable bonds is 9. The zero-order valence-electron chi connectivity index (χ0n) is 30.9. The van der Waals surface area contributed by atoms with Gasteiger partial charge in [-0.1, -0.05) is 0 Å². The number of methoxy groups -OCH3 is 1. The van der Waals surface area contributed by atoms with Crippen LogP contribution in [0, 0.1) is 17.5 Å². The Kier molecular flexibility index (Phi) is 11.4. The third-order valence-corrected chi connectivity index (χ3v) is 10.2. The summed E-state index contributed by atoms with van der Waals surface area (Å²) >= 11 is 5.40. The van der Waals surface area contributed by atoms with Gasteiger partial charge >= 0.3 is 11.9 Å². The zero-order valence-corrected chi connectivity index (χ0v) is 31.6. The Hall–Kier alpha value is -6.06. The summed E-state index contributed by atoms with van der Waals surface area (Å²) in [6.07, 6.45) is 10.2. The maximum absolute atomic E-state index is 13.5. The Labute approximate surface area is 331 Å². The van der Waals surface area contributed by atoms with Crippen LogP contribution in [0.4, 0.5) is 13.2 Å². The lowest BCUT2D eigenvalue weighted by Gasteiger charge is -2.12. The Balaban J connectivity index is 0.000000133. The van der Waals surface area contributed by atoms with Crippen LogP contribution in [0.1, 0.15) is 87.7 Å². The molecule has 3 aliphatic rings. The highest BCUT2D eigenvalue weighted by Gasteiger charge is 2.29. The number of carboxylic acid groups (broad SMARTS) is 1. The lowest BCUT2D eigenvalue weighted by atomic mass is 10.1. The van der Waals surface area contributed by atoms with Crippen molar-refractivity contribution in [1.29, 1.82) is 0 Å². The van der Waals surface area contributed by atoms with Crippen molar-refractivity contribution in [2.45, 2.75) is 56.7 Å². The van der Waals surface area contributed by atoms with Crippen LogP contribution in [-0.4, -0.2) is 56.3 Å². The third-order valence-electron chi connectivity index (χ3n) is 9.99. The van der Waals surface area contributed by atoms with Gasteiger partial charge in [-0.3, -0.25) is 19.2 Å². The molecular formula is C42H35ClF3N3O9. The molecule has 1 N–H and O–H groups in total. The fourth-order valence-electron chi connectivity index (χ4n) is 6.68. The molecule has 3 aliphatic carbocycles. The quantitative estimate of drug-likeness (QED) is 0.0899. The molecule has 0 amide bonds. The van der Waals surface area contributed by atoms with Crippen LogP contribution in [0.15, 0.2) is 87.6 Å². The van der Waals surface area contributed by atoms with Gasteiger partial charge in [-0.05, 0) is 105 Å². The van der Waals surface area contributed by atoms with Crippen LogP contribution in [0.5, 0.6) is 0 Å². The second kappa shape index (κ2) is 16.4. The maximum atomic E-state index is 13.5. The summed E-state index contributed by atoms with van der Waals surface area (Å²) in [5, 5.41) is 8.74. The summed E-state index contributed by atoms with van der Waals surface area (Å²) < 4.78 is 55.2. The second-order valence-corrected chi connectivity index (χ2v) is 14.6. The number of hydrogen-bond acceptors (Lipinski definition) is 8. The number of pyridine rings is 3. The van der Waals surface area contributed by atoms with E-state index in [1.54, 1.807) is 16.7 Å². The van der Waals surface area contributed by atoms with E-state index in [0.717, 1.165) is 50.7 Å². The number of aromatic nitrogens is 3. The molecule has 0 saturated heterocycles.